The molecule has 1 unspecified atom stereocenters. The van der Waals surface area contributed by atoms with E-state index in [0.29, 0.717) is 5.56 Å². The lowest BCUT2D eigenvalue weighted by atomic mass is 9.78. The molecule has 0 aliphatic heterocycles. The minimum absolute atomic E-state index is 0.0985. The van der Waals surface area contributed by atoms with E-state index >= 15 is 0 Å². The second kappa shape index (κ2) is 4.25. The van der Waals surface area contributed by atoms with E-state index in [-0.39, 0.29) is 10.9 Å². The quantitative estimate of drug-likeness (QED) is 0.773. The van der Waals surface area contributed by atoms with E-state index in [0.717, 1.165) is 29.7 Å². The second-order valence-corrected chi connectivity index (χ2v) is 6.21. The van der Waals surface area contributed by atoms with Crippen LogP contribution >= 0.6 is 11.6 Å². The summed E-state index contributed by atoms with van der Waals surface area (Å²) < 4.78 is 2.25. The highest BCUT2D eigenvalue weighted by Crippen LogP contribution is 2.43. The predicted molar refractivity (Wildman–Crippen MR) is 76.2 cm³/mol. The zero-order valence-corrected chi connectivity index (χ0v) is 11.9. The average Bonchev–Trinajstić information content (AvgIpc) is 2.75. The highest BCUT2D eigenvalue weighted by Gasteiger charge is 2.37. The van der Waals surface area contributed by atoms with E-state index in [4.69, 9.17) is 11.6 Å². The lowest BCUT2D eigenvalue weighted by Gasteiger charge is -2.41. The van der Waals surface area contributed by atoms with Gasteiger partial charge in [-0.3, -0.25) is 0 Å². The lowest BCUT2D eigenvalue weighted by molar-refractivity contribution is 0.169. The number of aromatic nitrogens is 2. The third-order valence-corrected chi connectivity index (χ3v) is 4.35. The van der Waals surface area contributed by atoms with Gasteiger partial charge in [-0.1, -0.05) is 6.07 Å². The minimum Gasteiger partial charge on any atom is -0.321 e. The molecule has 0 N–H and O–H groups in total. The Kier molecular flexibility index (Phi) is 2.79. The fraction of sp³-hybridized carbons (Fsp3) is 0.467. The van der Waals surface area contributed by atoms with Crippen molar-refractivity contribution in [2.75, 3.05) is 0 Å². The molecule has 0 bridgehead atoms. The Balaban J connectivity index is 2.35. The summed E-state index contributed by atoms with van der Waals surface area (Å²) in [5, 5.41) is 9.06. The molecule has 3 nitrogen and oxygen atoms in total. The molecule has 0 radical (unpaired) electrons. The summed E-state index contributed by atoms with van der Waals surface area (Å²) in [5.41, 5.74) is 2.53. The molecule has 1 heterocycles. The monoisotopic (exact) mass is 273 g/mol. The van der Waals surface area contributed by atoms with Gasteiger partial charge in [0.05, 0.1) is 16.5 Å². The normalized spacial score (nSPS) is 18.8. The summed E-state index contributed by atoms with van der Waals surface area (Å²) in [4.78, 5) is 4.64. The molecule has 4 heteroatoms. The molecule has 1 saturated carbocycles. The summed E-state index contributed by atoms with van der Waals surface area (Å²) in [6.07, 6.45) is 3.53. The topological polar surface area (TPSA) is 41.6 Å². The second-order valence-electron chi connectivity index (χ2n) is 5.56. The summed E-state index contributed by atoms with van der Waals surface area (Å²) in [6, 6.07) is 7.99. The third-order valence-electron chi connectivity index (χ3n) is 4.16. The van der Waals surface area contributed by atoms with Crippen molar-refractivity contribution in [3.05, 3.63) is 29.6 Å². The number of alkyl halides is 1. The first-order chi connectivity index (χ1) is 9.07. The first-order valence-electron chi connectivity index (χ1n) is 6.63. The van der Waals surface area contributed by atoms with Gasteiger partial charge in [-0.15, -0.1) is 11.6 Å². The molecule has 0 saturated heterocycles. The molecule has 19 heavy (non-hydrogen) atoms. The Hall–Kier alpha value is -1.53. The highest BCUT2D eigenvalue weighted by atomic mass is 35.5. The number of halogens is 1. The van der Waals surface area contributed by atoms with Gasteiger partial charge in [-0.25, -0.2) is 4.98 Å². The summed E-state index contributed by atoms with van der Waals surface area (Å²) in [6.45, 7) is 4.19. The SMILES string of the molecule is CC(Cl)c1nc2c(C#N)cccc2n1C1(C)CCC1. The number of nitriles is 1. The van der Waals surface area contributed by atoms with Crippen molar-refractivity contribution in [2.24, 2.45) is 0 Å². The van der Waals surface area contributed by atoms with E-state index < -0.39 is 0 Å². The lowest BCUT2D eigenvalue weighted by Crippen LogP contribution is -2.38. The summed E-state index contributed by atoms with van der Waals surface area (Å²) in [7, 11) is 0. The molecule has 1 fully saturated rings. The number of hydrogen-bond donors (Lipinski definition) is 0. The van der Waals surface area contributed by atoms with Crippen molar-refractivity contribution in [1.29, 1.82) is 5.26 Å². The molecule has 1 aromatic carbocycles. The van der Waals surface area contributed by atoms with Crippen molar-refractivity contribution in [3.8, 4) is 6.07 Å². The molecule has 1 atom stereocenters. The number of para-hydroxylation sites is 1. The largest absolute Gasteiger partial charge is 0.321 e. The van der Waals surface area contributed by atoms with Crippen LogP contribution < -0.4 is 0 Å². The van der Waals surface area contributed by atoms with Crippen LogP contribution in [0.1, 0.15) is 49.9 Å². The molecule has 98 valence electrons. The van der Waals surface area contributed by atoms with Crippen LogP contribution in [-0.2, 0) is 5.54 Å². The maximum Gasteiger partial charge on any atom is 0.128 e. The Morgan fingerprint density at radius 1 is 1.47 bits per heavy atom. The zero-order chi connectivity index (χ0) is 13.6. The molecule has 2 aromatic rings. The van der Waals surface area contributed by atoms with Crippen molar-refractivity contribution in [2.45, 2.75) is 44.0 Å². The van der Waals surface area contributed by atoms with Gasteiger partial charge in [-0.2, -0.15) is 5.26 Å². The fourth-order valence-electron chi connectivity index (χ4n) is 2.95. The van der Waals surface area contributed by atoms with E-state index in [1.165, 1.54) is 6.42 Å². The van der Waals surface area contributed by atoms with Crippen LogP contribution in [0.5, 0.6) is 0 Å². The van der Waals surface area contributed by atoms with E-state index in [1.807, 2.05) is 25.1 Å². The van der Waals surface area contributed by atoms with Gasteiger partial charge >= 0.3 is 0 Å². The Labute approximate surface area is 117 Å². The number of fused-ring (bicyclic) bond motifs is 1. The van der Waals surface area contributed by atoms with Crippen LogP contribution in [-0.4, -0.2) is 9.55 Å². The molecular formula is C15H16ClN3. The molecule has 1 aliphatic rings. The van der Waals surface area contributed by atoms with E-state index in [2.05, 4.69) is 22.5 Å². The van der Waals surface area contributed by atoms with E-state index in [1.54, 1.807) is 0 Å². The van der Waals surface area contributed by atoms with E-state index in [9.17, 15) is 5.26 Å². The predicted octanol–water partition coefficient (Wildman–Crippen LogP) is 4.11. The number of rotatable bonds is 2. The Bertz CT molecular complexity index is 674. The molecule has 1 aliphatic carbocycles. The first-order valence-corrected chi connectivity index (χ1v) is 7.06. The fourth-order valence-corrected chi connectivity index (χ4v) is 3.10. The standard InChI is InChI=1S/C15H16ClN3/c1-10(16)14-18-13-11(9-17)5-3-6-12(13)19(14)15(2)7-4-8-15/h3,5-6,10H,4,7-8H2,1-2H3. The summed E-state index contributed by atoms with van der Waals surface area (Å²) >= 11 is 6.30. The average molecular weight is 274 g/mol. The molecule has 0 spiro atoms. The Morgan fingerprint density at radius 3 is 2.74 bits per heavy atom. The molecule has 0 amide bonds. The minimum atomic E-state index is -0.156. The third kappa shape index (κ3) is 1.74. The van der Waals surface area contributed by atoms with Gasteiger partial charge in [-0.05, 0) is 45.2 Å². The summed E-state index contributed by atoms with van der Waals surface area (Å²) in [5.74, 6) is 0.876. The number of benzene rings is 1. The van der Waals surface area contributed by atoms with Gasteiger partial charge in [0.2, 0.25) is 0 Å². The highest BCUT2D eigenvalue weighted by molar-refractivity contribution is 6.20. The first kappa shape index (κ1) is 12.5. The van der Waals surface area contributed by atoms with Crippen LogP contribution in [0.4, 0.5) is 0 Å². The maximum atomic E-state index is 9.22. The van der Waals surface area contributed by atoms with Crippen molar-refractivity contribution >= 4 is 22.6 Å². The maximum absolute atomic E-state index is 9.22. The van der Waals surface area contributed by atoms with Crippen molar-refractivity contribution < 1.29 is 0 Å². The van der Waals surface area contributed by atoms with Gasteiger partial charge in [0.25, 0.3) is 0 Å². The molecule has 3 rings (SSSR count). The number of nitrogens with zero attached hydrogens (tertiary/aromatic N) is 3. The van der Waals surface area contributed by atoms with Gasteiger partial charge in [0.1, 0.15) is 17.4 Å². The van der Waals surface area contributed by atoms with Crippen molar-refractivity contribution in [3.63, 3.8) is 0 Å². The number of imidazole rings is 1. The number of hydrogen-bond acceptors (Lipinski definition) is 2. The molecule has 1 aromatic heterocycles. The zero-order valence-electron chi connectivity index (χ0n) is 11.2. The van der Waals surface area contributed by atoms with Crippen LogP contribution in [0.2, 0.25) is 0 Å². The Morgan fingerprint density at radius 2 is 2.21 bits per heavy atom. The smallest absolute Gasteiger partial charge is 0.128 e. The van der Waals surface area contributed by atoms with Crippen LogP contribution in [0.25, 0.3) is 11.0 Å². The van der Waals surface area contributed by atoms with Crippen LogP contribution in [0.15, 0.2) is 18.2 Å². The van der Waals surface area contributed by atoms with Crippen LogP contribution in [0, 0.1) is 11.3 Å². The van der Waals surface area contributed by atoms with Crippen LogP contribution in [0.3, 0.4) is 0 Å². The van der Waals surface area contributed by atoms with Gasteiger partial charge in [0, 0.05) is 5.54 Å². The van der Waals surface area contributed by atoms with Gasteiger partial charge in [0.15, 0.2) is 0 Å². The van der Waals surface area contributed by atoms with Crippen molar-refractivity contribution in [1.82, 2.24) is 9.55 Å². The van der Waals surface area contributed by atoms with Gasteiger partial charge < -0.3 is 4.57 Å². The molecular weight excluding hydrogens is 258 g/mol.